The molecule has 0 aliphatic heterocycles. The molecule has 288 valence electrons. The van der Waals surface area contributed by atoms with Gasteiger partial charge < -0.3 is 9.11 Å². The van der Waals surface area contributed by atoms with Crippen LogP contribution < -0.4 is 0 Å². The van der Waals surface area contributed by atoms with Crippen molar-refractivity contribution in [1.82, 2.24) is 0 Å². The van der Waals surface area contributed by atoms with Gasteiger partial charge in [-0.2, -0.15) is 0 Å². The quantitative estimate of drug-likeness (QED) is 0.0441. The van der Waals surface area contributed by atoms with Crippen LogP contribution >= 0.6 is 0 Å². The van der Waals surface area contributed by atoms with Crippen LogP contribution in [0.2, 0.25) is 0 Å². The first kappa shape index (κ1) is 47.9. The number of benzene rings is 4. The van der Waals surface area contributed by atoms with Crippen molar-refractivity contribution in [1.29, 1.82) is 0 Å². The molecule has 0 unspecified atom stereocenters. The van der Waals surface area contributed by atoms with Crippen molar-refractivity contribution in [2.24, 2.45) is 0 Å². The average Bonchev–Trinajstić information content (AvgIpc) is 3.12. The van der Waals surface area contributed by atoms with E-state index in [4.69, 9.17) is 0 Å². The fourth-order valence-corrected chi connectivity index (χ4v) is 8.05. The topological polar surface area (TPSA) is 114 Å². The van der Waals surface area contributed by atoms with Crippen molar-refractivity contribution in [3.8, 4) is 0 Å². The molecule has 0 N–H and O–H groups in total. The van der Waals surface area contributed by atoms with Gasteiger partial charge in [0, 0.05) is 0 Å². The molecule has 0 aliphatic rings. The van der Waals surface area contributed by atoms with Crippen LogP contribution in [0.3, 0.4) is 0 Å². The van der Waals surface area contributed by atoms with E-state index >= 15 is 0 Å². The molecule has 4 aromatic rings. The molecule has 0 spiro atoms. The Hall–Kier alpha value is -1.21. The Morgan fingerprint density at radius 1 is 0.377 bits per heavy atom. The van der Waals surface area contributed by atoms with Crippen molar-refractivity contribution in [2.75, 3.05) is 0 Å². The van der Waals surface area contributed by atoms with Crippen LogP contribution in [0.1, 0.15) is 153 Å². The van der Waals surface area contributed by atoms with Gasteiger partial charge >= 0.3 is 48.9 Å². The first-order valence-electron chi connectivity index (χ1n) is 19.9. The molecule has 53 heavy (non-hydrogen) atoms. The standard InChI is InChI=1S/2C22H32O3S.Ba/c2*1-3-5-7-9-11-18-13-14-19(12-10-8-6-4-2)22-17-20(26(23,24)25)15-16-21(18)22;/h2*13-17H,3-12H2,1-2H3,(H,23,24,25);/q;;+2/p-2. The molecule has 0 radical (unpaired) electrons. The molecule has 6 nitrogen and oxygen atoms in total. The second kappa shape index (κ2) is 25.1. The van der Waals surface area contributed by atoms with Crippen molar-refractivity contribution >= 4 is 90.7 Å². The molecule has 0 aliphatic carbocycles. The zero-order valence-corrected chi connectivity index (χ0v) is 39.0. The summed E-state index contributed by atoms with van der Waals surface area (Å²) in [6, 6.07) is 18.4. The van der Waals surface area contributed by atoms with Gasteiger partial charge in [-0.25, -0.2) is 16.8 Å². The minimum absolute atomic E-state index is 0. The molecule has 0 saturated carbocycles. The second-order valence-corrected chi connectivity index (χ2v) is 17.1. The van der Waals surface area contributed by atoms with Gasteiger partial charge in [-0.1, -0.05) is 141 Å². The maximum Gasteiger partial charge on any atom is 2.00 e. The van der Waals surface area contributed by atoms with E-state index in [-0.39, 0.29) is 58.7 Å². The summed E-state index contributed by atoms with van der Waals surface area (Å²) in [7, 11) is -8.85. The molecule has 0 saturated heterocycles. The van der Waals surface area contributed by atoms with Crippen LogP contribution in [0.25, 0.3) is 21.5 Å². The minimum Gasteiger partial charge on any atom is -0.744 e. The maximum absolute atomic E-state index is 11.5. The Morgan fingerprint density at radius 3 is 0.887 bits per heavy atom. The van der Waals surface area contributed by atoms with Crippen LogP contribution in [-0.4, -0.2) is 74.8 Å². The number of hydrogen-bond donors (Lipinski definition) is 0. The van der Waals surface area contributed by atoms with E-state index < -0.39 is 20.2 Å². The van der Waals surface area contributed by atoms with Crippen molar-refractivity contribution in [3.63, 3.8) is 0 Å². The van der Waals surface area contributed by atoms with Crippen molar-refractivity contribution < 1.29 is 25.9 Å². The number of hydrogen-bond acceptors (Lipinski definition) is 6. The van der Waals surface area contributed by atoms with Gasteiger partial charge in [0.1, 0.15) is 20.2 Å². The largest absolute Gasteiger partial charge is 2.00 e. The number of rotatable bonds is 22. The first-order valence-corrected chi connectivity index (χ1v) is 22.8. The Labute approximate surface area is 361 Å². The van der Waals surface area contributed by atoms with E-state index in [1.165, 1.54) is 100 Å². The molecule has 0 atom stereocenters. The Kier molecular flexibility index (Phi) is 22.7. The number of fused-ring (bicyclic) bond motifs is 2. The van der Waals surface area contributed by atoms with E-state index in [0.29, 0.717) is 0 Å². The molecule has 0 aromatic heterocycles. The van der Waals surface area contributed by atoms with Gasteiger partial charge in [-0.05, 0) is 119 Å². The molecule has 0 heterocycles. The summed E-state index contributed by atoms with van der Waals surface area (Å²) in [6.07, 6.45) is 22.8. The van der Waals surface area contributed by atoms with Crippen LogP contribution in [0, 0.1) is 0 Å². The summed E-state index contributed by atoms with van der Waals surface area (Å²) >= 11 is 0. The smallest absolute Gasteiger partial charge is 0.744 e. The summed E-state index contributed by atoms with van der Waals surface area (Å²) in [5.74, 6) is 0. The molecule has 0 fully saturated rings. The van der Waals surface area contributed by atoms with Crippen LogP contribution in [0.5, 0.6) is 0 Å². The summed E-state index contributed by atoms with van der Waals surface area (Å²) in [5.41, 5.74) is 4.81. The third-order valence-corrected chi connectivity index (χ3v) is 11.8. The zero-order valence-electron chi connectivity index (χ0n) is 32.9. The van der Waals surface area contributed by atoms with Gasteiger partial charge in [-0.15, -0.1) is 0 Å². The van der Waals surface area contributed by atoms with E-state index in [1.54, 1.807) is 12.1 Å². The van der Waals surface area contributed by atoms with E-state index in [0.717, 1.165) is 84.0 Å². The van der Waals surface area contributed by atoms with E-state index in [2.05, 4.69) is 52.0 Å². The van der Waals surface area contributed by atoms with Gasteiger partial charge in [0.25, 0.3) is 0 Å². The maximum atomic E-state index is 11.5. The molecular weight excluding hydrogens is 826 g/mol. The van der Waals surface area contributed by atoms with Gasteiger partial charge in [0.15, 0.2) is 0 Å². The van der Waals surface area contributed by atoms with Crippen molar-refractivity contribution in [2.45, 2.75) is 166 Å². The first-order chi connectivity index (χ1) is 24.9. The van der Waals surface area contributed by atoms with Crippen LogP contribution in [0.4, 0.5) is 0 Å². The fraction of sp³-hybridized carbons (Fsp3) is 0.545. The van der Waals surface area contributed by atoms with E-state index in [1.807, 2.05) is 12.1 Å². The van der Waals surface area contributed by atoms with Crippen LogP contribution in [0.15, 0.2) is 70.5 Å². The van der Waals surface area contributed by atoms with Gasteiger partial charge in [-0.3, -0.25) is 0 Å². The third kappa shape index (κ3) is 16.1. The third-order valence-electron chi connectivity index (χ3n) is 10.1. The molecule has 9 heteroatoms. The number of unbranched alkanes of at least 4 members (excludes halogenated alkanes) is 12. The SMILES string of the molecule is CCCCCCc1ccc(CCCCCC)c2cc(S(=O)(=O)[O-])ccc12.CCCCCCc1ccc(CCCCCC)c2cc(S(=O)(=O)[O-])ccc12.[Ba+2]. The molecule has 4 rings (SSSR count). The number of aryl methyl sites for hydroxylation is 4. The minimum atomic E-state index is -4.43. The Balaban J connectivity index is 0.000000360. The zero-order chi connectivity index (χ0) is 38.0. The summed E-state index contributed by atoms with van der Waals surface area (Å²) in [6.45, 7) is 8.78. The predicted molar refractivity (Wildman–Crippen MR) is 221 cm³/mol. The van der Waals surface area contributed by atoms with Crippen molar-refractivity contribution in [3.05, 3.63) is 82.9 Å². The molecule has 0 amide bonds. The monoisotopic (exact) mass is 888 g/mol. The predicted octanol–water partition coefficient (Wildman–Crippen LogP) is 11.6. The van der Waals surface area contributed by atoms with Crippen LogP contribution in [-0.2, 0) is 45.9 Å². The van der Waals surface area contributed by atoms with Gasteiger partial charge in [0.05, 0.1) is 9.79 Å². The summed E-state index contributed by atoms with van der Waals surface area (Å²) in [4.78, 5) is -0.245. The van der Waals surface area contributed by atoms with Gasteiger partial charge in [0.2, 0.25) is 0 Å². The second-order valence-electron chi connectivity index (χ2n) is 14.3. The average molecular weight is 888 g/mol. The van der Waals surface area contributed by atoms with E-state index in [9.17, 15) is 25.9 Å². The molecule has 0 bridgehead atoms. The normalized spacial score (nSPS) is 11.7. The molecule has 4 aromatic carbocycles. The fourth-order valence-electron chi connectivity index (χ4n) is 7.05. The summed E-state index contributed by atoms with van der Waals surface area (Å²) in [5, 5.41) is 4.07. The molecular formula is C44H62BaO6S2. The Bertz CT molecular complexity index is 1770. The Morgan fingerprint density at radius 2 is 0.642 bits per heavy atom. The summed E-state index contributed by atoms with van der Waals surface area (Å²) < 4.78 is 68.8.